The molecule has 2 aliphatic rings. The highest BCUT2D eigenvalue weighted by Gasteiger charge is 2.32. The zero-order chi connectivity index (χ0) is 18.1. The van der Waals surface area contributed by atoms with E-state index in [1.165, 1.54) is 0 Å². The SMILES string of the molecule is Cc1nc2c([nH]1)C[C@@H](C(=O)NC[C@@H]1CC(=O)N(c3ccccc3)C1)CC2. The molecule has 0 bridgehead atoms. The number of nitrogens with zero attached hydrogens (tertiary/aromatic N) is 2. The van der Waals surface area contributed by atoms with E-state index in [1.54, 1.807) is 0 Å². The normalized spacial score (nSPS) is 22.3. The smallest absolute Gasteiger partial charge is 0.227 e. The minimum absolute atomic E-state index is 0.00955. The highest BCUT2D eigenvalue weighted by Crippen LogP contribution is 2.26. The molecule has 0 spiro atoms. The lowest BCUT2D eigenvalue weighted by Crippen LogP contribution is -2.37. The van der Waals surface area contributed by atoms with Crippen molar-refractivity contribution in [1.29, 1.82) is 0 Å². The number of carbonyl (C=O) groups is 2. The Labute approximate surface area is 153 Å². The molecule has 2 heterocycles. The number of imidazole rings is 1. The maximum atomic E-state index is 12.6. The number of aromatic amines is 1. The van der Waals surface area contributed by atoms with Crippen molar-refractivity contribution in [3.63, 3.8) is 0 Å². The predicted octanol–water partition coefficient (Wildman–Crippen LogP) is 1.99. The second-order valence-corrected chi connectivity index (χ2v) is 7.34. The highest BCUT2D eigenvalue weighted by atomic mass is 16.2. The van der Waals surface area contributed by atoms with Gasteiger partial charge in [0.1, 0.15) is 5.82 Å². The lowest BCUT2D eigenvalue weighted by molar-refractivity contribution is -0.125. The first-order chi connectivity index (χ1) is 12.6. The van der Waals surface area contributed by atoms with Crippen molar-refractivity contribution in [3.8, 4) is 0 Å². The Kier molecular flexibility index (Phi) is 4.49. The first kappa shape index (κ1) is 16.8. The van der Waals surface area contributed by atoms with Crippen LogP contribution in [0.4, 0.5) is 5.69 Å². The third kappa shape index (κ3) is 3.36. The number of anilines is 1. The zero-order valence-electron chi connectivity index (χ0n) is 15.0. The average Bonchev–Trinajstić information content (AvgIpc) is 3.21. The predicted molar refractivity (Wildman–Crippen MR) is 98.8 cm³/mol. The molecule has 0 saturated carbocycles. The van der Waals surface area contributed by atoms with Crippen LogP contribution in [0.1, 0.15) is 30.1 Å². The van der Waals surface area contributed by atoms with Crippen molar-refractivity contribution < 1.29 is 9.59 Å². The first-order valence-electron chi connectivity index (χ1n) is 9.27. The molecule has 6 nitrogen and oxygen atoms in total. The third-order valence-corrected chi connectivity index (χ3v) is 5.37. The van der Waals surface area contributed by atoms with E-state index in [9.17, 15) is 9.59 Å². The zero-order valence-corrected chi connectivity index (χ0v) is 15.0. The van der Waals surface area contributed by atoms with E-state index in [1.807, 2.05) is 42.2 Å². The van der Waals surface area contributed by atoms with E-state index in [-0.39, 0.29) is 23.7 Å². The fourth-order valence-electron chi connectivity index (χ4n) is 4.01. The topological polar surface area (TPSA) is 78.1 Å². The summed E-state index contributed by atoms with van der Waals surface area (Å²) in [4.78, 5) is 34.4. The molecule has 0 unspecified atom stereocenters. The molecule has 1 aromatic heterocycles. The number of hydrogen-bond donors (Lipinski definition) is 2. The first-order valence-corrected chi connectivity index (χ1v) is 9.27. The van der Waals surface area contributed by atoms with Gasteiger partial charge in [0, 0.05) is 49.1 Å². The van der Waals surface area contributed by atoms with Crippen LogP contribution in [0, 0.1) is 18.8 Å². The third-order valence-electron chi connectivity index (χ3n) is 5.37. The largest absolute Gasteiger partial charge is 0.355 e. The molecule has 4 rings (SSSR count). The quantitative estimate of drug-likeness (QED) is 0.883. The second kappa shape index (κ2) is 6.94. The number of hydrogen-bond acceptors (Lipinski definition) is 3. The van der Waals surface area contributed by atoms with Crippen LogP contribution < -0.4 is 10.2 Å². The molecule has 1 saturated heterocycles. The Hall–Kier alpha value is -2.63. The fraction of sp³-hybridized carbons (Fsp3) is 0.450. The molecular formula is C20H24N4O2. The van der Waals surface area contributed by atoms with Crippen molar-refractivity contribution in [2.24, 2.45) is 11.8 Å². The molecule has 2 aromatic rings. The second-order valence-electron chi connectivity index (χ2n) is 7.34. The molecule has 6 heteroatoms. The Bertz CT molecular complexity index is 814. The number of H-pyrrole nitrogens is 1. The number of benzene rings is 1. The molecule has 0 radical (unpaired) electrons. The Balaban J connectivity index is 1.31. The van der Waals surface area contributed by atoms with Crippen LogP contribution >= 0.6 is 0 Å². The van der Waals surface area contributed by atoms with Gasteiger partial charge in [-0.1, -0.05) is 18.2 Å². The van der Waals surface area contributed by atoms with E-state index in [0.29, 0.717) is 19.5 Å². The van der Waals surface area contributed by atoms with Gasteiger partial charge in [-0.05, 0) is 31.9 Å². The van der Waals surface area contributed by atoms with Gasteiger partial charge >= 0.3 is 0 Å². The maximum Gasteiger partial charge on any atom is 0.227 e. The number of amides is 2. The van der Waals surface area contributed by atoms with Gasteiger partial charge in [0.05, 0.1) is 5.69 Å². The number of aryl methyl sites for hydroxylation is 2. The number of para-hydroxylation sites is 1. The Morgan fingerprint density at radius 3 is 2.92 bits per heavy atom. The lowest BCUT2D eigenvalue weighted by Gasteiger charge is -2.21. The van der Waals surface area contributed by atoms with Crippen LogP contribution in [0.15, 0.2) is 30.3 Å². The van der Waals surface area contributed by atoms with Crippen LogP contribution in [-0.2, 0) is 22.4 Å². The maximum absolute atomic E-state index is 12.6. The summed E-state index contributed by atoms with van der Waals surface area (Å²) in [5.74, 6) is 1.30. The lowest BCUT2D eigenvalue weighted by atomic mass is 9.89. The van der Waals surface area contributed by atoms with Crippen molar-refractivity contribution >= 4 is 17.5 Å². The summed E-state index contributed by atoms with van der Waals surface area (Å²) in [6.45, 7) is 3.17. The minimum Gasteiger partial charge on any atom is -0.355 e. The van der Waals surface area contributed by atoms with E-state index in [4.69, 9.17) is 0 Å². The van der Waals surface area contributed by atoms with Gasteiger partial charge in [0.15, 0.2) is 0 Å². The number of nitrogens with one attached hydrogen (secondary N) is 2. The molecule has 1 aliphatic heterocycles. The standard InChI is InChI=1S/C20H24N4O2/c1-13-22-17-8-7-15(10-18(17)23-13)20(26)21-11-14-9-19(25)24(12-14)16-5-3-2-4-6-16/h2-6,14-15H,7-12H2,1H3,(H,21,26)(H,22,23)/t14-,15-/m0/s1. The molecule has 2 N–H and O–H groups in total. The van der Waals surface area contributed by atoms with Gasteiger partial charge in [-0.2, -0.15) is 0 Å². The van der Waals surface area contributed by atoms with Crippen molar-refractivity contribution in [2.45, 2.75) is 32.6 Å². The minimum atomic E-state index is -0.00955. The summed E-state index contributed by atoms with van der Waals surface area (Å²) in [6.07, 6.45) is 2.90. The van der Waals surface area contributed by atoms with Gasteiger partial charge < -0.3 is 15.2 Å². The van der Waals surface area contributed by atoms with Crippen LogP contribution in [0.5, 0.6) is 0 Å². The average molecular weight is 352 g/mol. The summed E-state index contributed by atoms with van der Waals surface area (Å²) in [6, 6.07) is 9.71. The molecular weight excluding hydrogens is 328 g/mol. The van der Waals surface area contributed by atoms with Crippen LogP contribution in [0.25, 0.3) is 0 Å². The monoisotopic (exact) mass is 352 g/mol. The van der Waals surface area contributed by atoms with Gasteiger partial charge in [0.25, 0.3) is 0 Å². The van der Waals surface area contributed by atoms with E-state index < -0.39 is 0 Å². The van der Waals surface area contributed by atoms with Gasteiger partial charge in [-0.3, -0.25) is 9.59 Å². The number of carbonyl (C=O) groups excluding carboxylic acids is 2. The van der Waals surface area contributed by atoms with E-state index in [2.05, 4.69) is 15.3 Å². The molecule has 2 amide bonds. The molecule has 2 atom stereocenters. The van der Waals surface area contributed by atoms with E-state index in [0.717, 1.165) is 42.2 Å². The summed E-state index contributed by atoms with van der Waals surface area (Å²) < 4.78 is 0. The van der Waals surface area contributed by atoms with E-state index >= 15 is 0 Å². The van der Waals surface area contributed by atoms with Crippen molar-refractivity contribution in [3.05, 3.63) is 47.5 Å². The molecule has 1 aliphatic carbocycles. The summed E-state index contributed by atoms with van der Waals surface area (Å²) in [5, 5.41) is 3.07. The molecule has 26 heavy (non-hydrogen) atoms. The summed E-state index contributed by atoms with van der Waals surface area (Å²) in [5.41, 5.74) is 3.13. The van der Waals surface area contributed by atoms with Gasteiger partial charge in [0.2, 0.25) is 11.8 Å². The van der Waals surface area contributed by atoms with Crippen molar-refractivity contribution in [1.82, 2.24) is 15.3 Å². The van der Waals surface area contributed by atoms with Crippen molar-refractivity contribution in [2.75, 3.05) is 18.0 Å². The number of fused-ring (bicyclic) bond motifs is 1. The number of aromatic nitrogens is 2. The Morgan fingerprint density at radius 1 is 1.31 bits per heavy atom. The summed E-state index contributed by atoms with van der Waals surface area (Å²) in [7, 11) is 0. The molecule has 136 valence electrons. The van der Waals surface area contributed by atoms with Crippen LogP contribution in [0.2, 0.25) is 0 Å². The van der Waals surface area contributed by atoms with Gasteiger partial charge in [-0.25, -0.2) is 4.98 Å². The van der Waals surface area contributed by atoms with Crippen LogP contribution in [-0.4, -0.2) is 34.9 Å². The Morgan fingerprint density at radius 2 is 2.12 bits per heavy atom. The summed E-state index contributed by atoms with van der Waals surface area (Å²) >= 11 is 0. The fourth-order valence-corrected chi connectivity index (χ4v) is 4.01. The molecule has 1 fully saturated rings. The highest BCUT2D eigenvalue weighted by molar-refractivity contribution is 5.95. The molecule has 1 aromatic carbocycles. The number of rotatable bonds is 4. The van der Waals surface area contributed by atoms with Crippen LogP contribution in [0.3, 0.4) is 0 Å². The van der Waals surface area contributed by atoms with Gasteiger partial charge in [-0.15, -0.1) is 0 Å².